The molecule has 2 aliphatic carbocycles. The molecule has 2 rings (SSSR count). The molecule has 2 aliphatic rings. The smallest absolute Gasteiger partial charge is 0.225 e. The maximum Gasteiger partial charge on any atom is 0.225 e. The molecule has 0 spiro atoms. The van der Waals surface area contributed by atoms with E-state index >= 15 is 0 Å². The minimum Gasteiger partial charge on any atom is -0.394 e. The zero-order valence-corrected chi connectivity index (χ0v) is 14.6. The Morgan fingerprint density at radius 1 is 1.13 bits per heavy atom. The van der Waals surface area contributed by atoms with Gasteiger partial charge in [0, 0.05) is 25.4 Å². The molecule has 0 heterocycles. The first-order chi connectivity index (χ1) is 11.0. The lowest BCUT2D eigenvalue weighted by atomic mass is 9.85. The van der Waals surface area contributed by atoms with Gasteiger partial charge >= 0.3 is 0 Å². The van der Waals surface area contributed by atoms with Crippen LogP contribution in [-0.4, -0.2) is 47.6 Å². The number of aliphatic hydroxyl groups is 1. The topological polar surface area (TPSA) is 69.6 Å². The number of rotatable bonds is 6. The van der Waals surface area contributed by atoms with Crippen LogP contribution in [-0.2, 0) is 9.59 Å². The van der Waals surface area contributed by atoms with Gasteiger partial charge in [-0.15, -0.1) is 0 Å². The summed E-state index contributed by atoms with van der Waals surface area (Å²) in [5.74, 6) is 0.943. The van der Waals surface area contributed by atoms with Crippen molar-refractivity contribution in [2.45, 2.75) is 76.8 Å². The molecular formula is C18H32N2O3. The molecule has 2 saturated carbocycles. The van der Waals surface area contributed by atoms with E-state index in [4.69, 9.17) is 5.11 Å². The maximum absolute atomic E-state index is 12.4. The molecular weight excluding hydrogens is 292 g/mol. The standard InChI is InChI=1S/C18H32N2O3/c1-13(12-21)20(2)18(23)15-7-9-16(10-8-15)19-17(22)11-14-5-3-4-6-14/h13-16,21H,3-12H2,1-2H3,(H,19,22). The average molecular weight is 324 g/mol. The summed E-state index contributed by atoms with van der Waals surface area (Å²) in [6.07, 6.45) is 9.04. The Balaban J connectivity index is 1.70. The first kappa shape index (κ1) is 18.2. The Morgan fingerprint density at radius 2 is 1.74 bits per heavy atom. The molecule has 2 N–H and O–H groups in total. The molecule has 0 radical (unpaired) electrons. The maximum atomic E-state index is 12.4. The molecule has 0 aromatic rings. The van der Waals surface area contributed by atoms with Crippen molar-refractivity contribution in [1.29, 1.82) is 0 Å². The fourth-order valence-corrected chi connectivity index (χ4v) is 3.88. The Bertz CT molecular complexity index is 399. The predicted molar refractivity (Wildman–Crippen MR) is 89.8 cm³/mol. The van der Waals surface area contributed by atoms with Crippen molar-refractivity contribution in [3.05, 3.63) is 0 Å². The van der Waals surface area contributed by atoms with E-state index in [1.165, 1.54) is 25.7 Å². The number of likely N-dealkylation sites (N-methyl/N-ethyl adjacent to an activating group) is 1. The number of nitrogens with zero attached hydrogens (tertiary/aromatic N) is 1. The quantitative estimate of drug-likeness (QED) is 0.786. The first-order valence-electron chi connectivity index (χ1n) is 9.18. The minimum atomic E-state index is -0.133. The monoisotopic (exact) mass is 324 g/mol. The molecule has 0 aromatic heterocycles. The highest BCUT2D eigenvalue weighted by atomic mass is 16.3. The fourth-order valence-electron chi connectivity index (χ4n) is 3.88. The number of carbonyl (C=O) groups excluding carboxylic acids is 2. The number of carbonyl (C=O) groups is 2. The van der Waals surface area contributed by atoms with Crippen LogP contribution in [0.4, 0.5) is 0 Å². The highest BCUT2D eigenvalue weighted by molar-refractivity contribution is 5.79. The summed E-state index contributed by atoms with van der Waals surface area (Å²) in [6.45, 7) is 1.85. The number of amides is 2. The number of aliphatic hydroxyl groups excluding tert-OH is 1. The highest BCUT2D eigenvalue weighted by Crippen LogP contribution is 2.29. The Labute approximate surface area is 139 Å². The molecule has 2 fully saturated rings. The number of hydrogen-bond acceptors (Lipinski definition) is 3. The van der Waals surface area contributed by atoms with Crippen LogP contribution < -0.4 is 5.32 Å². The summed E-state index contributed by atoms with van der Waals surface area (Å²) in [7, 11) is 1.76. The summed E-state index contributed by atoms with van der Waals surface area (Å²) >= 11 is 0. The molecule has 5 heteroatoms. The van der Waals surface area contributed by atoms with Crippen LogP contribution in [0.1, 0.15) is 64.7 Å². The number of hydrogen-bond donors (Lipinski definition) is 2. The highest BCUT2D eigenvalue weighted by Gasteiger charge is 2.30. The second kappa shape index (κ2) is 8.67. The van der Waals surface area contributed by atoms with Crippen molar-refractivity contribution >= 4 is 11.8 Å². The molecule has 0 aromatic carbocycles. The second-order valence-electron chi connectivity index (χ2n) is 7.45. The SMILES string of the molecule is CC(CO)N(C)C(=O)C1CCC(NC(=O)CC2CCCC2)CC1. The average Bonchev–Trinajstić information content (AvgIpc) is 3.06. The van der Waals surface area contributed by atoms with Crippen molar-refractivity contribution in [2.24, 2.45) is 11.8 Å². The lowest BCUT2D eigenvalue weighted by Gasteiger charge is -2.33. The van der Waals surface area contributed by atoms with Crippen LogP contribution in [0.15, 0.2) is 0 Å². The van der Waals surface area contributed by atoms with Gasteiger partial charge in [-0.2, -0.15) is 0 Å². The van der Waals surface area contributed by atoms with Crippen molar-refractivity contribution < 1.29 is 14.7 Å². The van der Waals surface area contributed by atoms with Gasteiger partial charge in [0.1, 0.15) is 0 Å². The molecule has 2 amide bonds. The predicted octanol–water partition coefficient (Wildman–Crippen LogP) is 2.08. The molecule has 0 bridgehead atoms. The molecule has 1 unspecified atom stereocenters. The molecule has 132 valence electrons. The van der Waals surface area contributed by atoms with E-state index < -0.39 is 0 Å². The first-order valence-corrected chi connectivity index (χ1v) is 9.18. The van der Waals surface area contributed by atoms with Gasteiger partial charge in [0.15, 0.2) is 0 Å². The third-order valence-electron chi connectivity index (χ3n) is 5.66. The minimum absolute atomic E-state index is 0.00515. The van der Waals surface area contributed by atoms with E-state index in [0.717, 1.165) is 25.7 Å². The van der Waals surface area contributed by atoms with E-state index in [2.05, 4.69) is 5.32 Å². The lowest BCUT2D eigenvalue weighted by molar-refractivity contribution is -0.137. The molecule has 0 aliphatic heterocycles. The van der Waals surface area contributed by atoms with Gasteiger partial charge in [0.05, 0.1) is 12.6 Å². The third kappa shape index (κ3) is 5.20. The van der Waals surface area contributed by atoms with E-state index in [0.29, 0.717) is 12.3 Å². The molecule has 23 heavy (non-hydrogen) atoms. The van der Waals surface area contributed by atoms with Crippen molar-refractivity contribution in [3.63, 3.8) is 0 Å². The zero-order chi connectivity index (χ0) is 16.8. The Hall–Kier alpha value is -1.10. The Kier molecular flexibility index (Phi) is 6.88. The van der Waals surface area contributed by atoms with Crippen LogP contribution in [0.3, 0.4) is 0 Å². The van der Waals surface area contributed by atoms with Gasteiger partial charge in [-0.25, -0.2) is 0 Å². The van der Waals surface area contributed by atoms with Gasteiger partial charge in [0.25, 0.3) is 0 Å². The third-order valence-corrected chi connectivity index (χ3v) is 5.66. The zero-order valence-electron chi connectivity index (χ0n) is 14.6. The van der Waals surface area contributed by atoms with Gasteiger partial charge in [-0.3, -0.25) is 9.59 Å². The molecule has 5 nitrogen and oxygen atoms in total. The van der Waals surface area contributed by atoms with Crippen LogP contribution in [0.5, 0.6) is 0 Å². The van der Waals surface area contributed by atoms with Crippen LogP contribution >= 0.6 is 0 Å². The van der Waals surface area contributed by atoms with Gasteiger partial charge in [-0.1, -0.05) is 12.8 Å². The van der Waals surface area contributed by atoms with Crippen LogP contribution in [0.25, 0.3) is 0 Å². The van der Waals surface area contributed by atoms with Gasteiger partial charge in [0.2, 0.25) is 11.8 Å². The van der Waals surface area contributed by atoms with Gasteiger partial charge < -0.3 is 15.3 Å². The van der Waals surface area contributed by atoms with E-state index in [1.807, 2.05) is 6.92 Å². The van der Waals surface area contributed by atoms with Crippen molar-refractivity contribution in [3.8, 4) is 0 Å². The van der Waals surface area contributed by atoms with Crippen LogP contribution in [0, 0.1) is 11.8 Å². The fraction of sp³-hybridized carbons (Fsp3) is 0.889. The summed E-state index contributed by atoms with van der Waals surface area (Å²) in [6, 6.07) is 0.0971. The van der Waals surface area contributed by atoms with Crippen molar-refractivity contribution in [1.82, 2.24) is 10.2 Å². The Morgan fingerprint density at radius 3 is 2.30 bits per heavy atom. The lowest BCUT2D eigenvalue weighted by Crippen LogP contribution is -2.44. The molecule has 1 atom stereocenters. The van der Waals surface area contributed by atoms with Crippen LogP contribution in [0.2, 0.25) is 0 Å². The van der Waals surface area contributed by atoms with E-state index in [9.17, 15) is 9.59 Å². The normalized spacial score (nSPS) is 26.7. The van der Waals surface area contributed by atoms with Gasteiger partial charge in [-0.05, 0) is 51.4 Å². The summed E-state index contributed by atoms with van der Waals surface area (Å²) in [5.41, 5.74) is 0. The van der Waals surface area contributed by atoms with Crippen molar-refractivity contribution in [2.75, 3.05) is 13.7 Å². The van der Waals surface area contributed by atoms with E-state index in [1.54, 1.807) is 11.9 Å². The molecule has 0 saturated heterocycles. The largest absolute Gasteiger partial charge is 0.394 e. The summed E-state index contributed by atoms with van der Waals surface area (Å²) < 4.78 is 0. The van der Waals surface area contributed by atoms with E-state index in [-0.39, 0.29) is 36.4 Å². The number of nitrogens with one attached hydrogen (secondary N) is 1. The summed E-state index contributed by atoms with van der Waals surface area (Å²) in [5, 5.41) is 12.3. The summed E-state index contributed by atoms with van der Waals surface area (Å²) in [4.78, 5) is 26.1. The second-order valence-corrected chi connectivity index (χ2v) is 7.45.